The van der Waals surface area contributed by atoms with E-state index in [1.807, 2.05) is 56.3 Å². The van der Waals surface area contributed by atoms with Gasteiger partial charge in [-0.15, -0.1) is 0 Å². The van der Waals surface area contributed by atoms with Gasteiger partial charge in [0.1, 0.15) is 11.5 Å². The summed E-state index contributed by atoms with van der Waals surface area (Å²) in [6.07, 6.45) is 1.54. The van der Waals surface area contributed by atoms with Crippen LogP contribution in [0.4, 0.5) is 5.69 Å². The Morgan fingerprint density at radius 3 is 2.29 bits per heavy atom. The Kier molecular flexibility index (Phi) is 5.51. The minimum Gasteiger partial charge on any atom is -0.467 e. The first kappa shape index (κ1) is 20.7. The highest BCUT2D eigenvalue weighted by atomic mass is 16.3. The van der Waals surface area contributed by atoms with Crippen LogP contribution in [0.15, 0.2) is 71.0 Å². The van der Waals surface area contributed by atoms with Crippen LogP contribution in [0.3, 0.4) is 0 Å². The monoisotopic (exact) mass is 414 g/mol. The van der Waals surface area contributed by atoms with Gasteiger partial charge in [-0.25, -0.2) is 0 Å². The molecule has 0 saturated heterocycles. The van der Waals surface area contributed by atoms with Crippen molar-refractivity contribution in [3.05, 3.63) is 94.6 Å². The zero-order valence-corrected chi connectivity index (χ0v) is 18.2. The Morgan fingerprint density at radius 2 is 1.68 bits per heavy atom. The van der Waals surface area contributed by atoms with Crippen LogP contribution >= 0.6 is 0 Å². The third-order valence-corrected chi connectivity index (χ3v) is 5.70. The van der Waals surface area contributed by atoms with Crippen molar-refractivity contribution in [2.24, 2.45) is 0 Å². The average Bonchev–Trinajstić information content (AvgIpc) is 3.34. The van der Waals surface area contributed by atoms with Gasteiger partial charge in [0.25, 0.3) is 11.8 Å². The van der Waals surface area contributed by atoms with Crippen LogP contribution < -0.4 is 5.32 Å². The molecule has 2 aromatic carbocycles. The number of imide groups is 1. The van der Waals surface area contributed by atoms with E-state index >= 15 is 0 Å². The molecule has 0 unspecified atom stereocenters. The molecule has 1 aliphatic heterocycles. The van der Waals surface area contributed by atoms with Crippen LogP contribution in [0.5, 0.6) is 0 Å². The van der Waals surface area contributed by atoms with Gasteiger partial charge in [-0.05, 0) is 66.3 Å². The van der Waals surface area contributed by atoms with E-state index < -0.39 is 0 Å². The molecule has 4 rings (SSSR count). The lowest BCUT2D eigenvalue weighted by molar-refractivity contribution is -0.137. The summed E-state index contributed by atoms with van der Waals surface area (Å²) >= 11 is 0. The fraction of sp³-hybridized carbons (Fsp3) is 0.231. The molecule has 1 N–H and O–H groups in total. The van der Waals surface area contributed by atoms with Crippen molar-refractivity contribution in [1.29, 1.82) is 0 Å². The molecule has 0 atom stereocenters. The highest BCUT2D eigenvalue weighted by molar-refractivity contribution is 6.36. The summed E-state index contributed by atoms with van der Waals surface area (Å²) in [5.74, 6) is 0.287. The van der Waals surface area contributed by atoms with Crippen molar-refractivity contribution < 1.29 is 14.0 Å². The van der Waals surface area contributed by atoms with Crippen LogP contribution in [0.1, 0.15) is 47.8 Å². The predicted octanol–water partition coefficient (Wildman–Crippen LogP) is 5.41. The predicted molar refractivity (Wildman–Crippen MR) is 121 cm³/mol. The van der Waals surface area contributed by atoms with Crippen LogP contribution in [0, 0.1) is 13.8 Å². The number of anilines is 1. The Balaban J connectivity index is 1.74. The van der Waals surface area contributed by atoms with Crippen molar-refractivity contribution in [3.8, 4) is 0 Å². The van der Waals surface area contributed by atoms with E-state index in [9.17, 15) is 9.59 Å². The Bertz CT molecular complexity index is 1160. The minimum atomic E-state index is -0.359. The highest BCUT2D eigenvalue weighted by Gasteiger charge is 2.39. The molecule has 1 aromatic heterocycles. The number of carbonyl (C=O) groups is 2. The maximum atomic E-state index is 13.3. The second-order valence-electron chi connectivity index (χ2n) is 8.23. The molecule has 0 radical (unpaired) electrons. The Hall–Kier alpha value is -3.60. The lowest BCUT2D eigenvalue weighted by atomic mass is 9.99. The average molecular weight is 415 g/mol. The number of amides is 2. The molecular weight excluding hydrogens is 388 g/mol. The third kappa shape index (κ3) is 4.04. The van der Waals surface area contributed by atoms with Crippen molar-refractivity contribution in [1.82, 2.24) is 4.90 Å². The second kappa shape index (κ2) is 8.26. The lowest BCUT2D eigenvalue weighted by Crippen LogP contribution is -2.31. The first-order chi connectivity index (χ1) is 14.8. The number of aryl methyl sites for hydroxylation is 2. The van der Waals surface area contributed by atoms with Gasteiger partial charge < -0.3 is 9.73 Å². The number of benzene rings is 2. The maximum Gasteiger partial charge on any atom is 0.278 e. The molecule has 0 bridgehead atoms. The first-order valence-corrected chi connectivity index (χ1v) is 10.4. The van der Waals surface area contributed by atoms with E-state index in [2.05, 4.69) is 19.2 Å². The van der Waals surface area contributed by atoms with Gasteiger partial charge in [0.05, 0.1) is 18.4 Å². The Morgan fingerprint density at radius 1 is 0.935 bits per heavy atom. The number of furan rings is 1. The standard InChI is InChI=1S/C26H26N2O3/c1-16(2)19-9-11-21(12-10-19)27-24-23(20-8-7-17(3)18(4)14-20)25(29)28(26(24)30)15-22-6-5-13-31-22/h5-14,16,27H,15H2,1-4H3. The van der Waals surface area contributed by atoms with E-state index in [1.165, 1.54) is 16.7 Å². The molecule has 0 spiro atoms. The smallest absolute Gasteiger partial charge is 0.278 e. The van der Waals surface area contributed by atoms with Gasteiger partial charge in [0, 0.05) is 5.69 Å². The van der Waals surface area contributed by atoms with Crippen LogP contribution in [0.25, 0.3) is 5.57 Å². The molecule has 31 heavy (non-hydrogen) atoms. The van der Waals surface area contributed by atoms with E-state index in [4.69, 9.17) is 4.42 Å². The lowest BCUT2D eigenvalue weighted by Gasteiger charge is -2.14. The first-order valence-electron chi connectivity index (χ1n) is 10.4. The molecular formula is C26H26N2O3. The summed E-state index contributed by atoms with van der Waals surface area (Å²) in [4.78, 5) is 27.9. The van der Waals surface area contributed by atoms with E-state index in [1.54, 1.807) is 12.1 Å². The molecule has 0 saturated carbocycles. The van der Waals surface area contributed by atoms with Gasteiger partial charge >= 0.3 is 0 Å². The van der Waals surface area contributed by atoms with Gasteiger partial charge in [0.2, 0.25) is 0 Å². The number of nitrogens with zero attached hydrogens (tertiary/aromatic N) is 1. The van der Waals surface area contributed by atoms with E-state index in [-0.39, 0.29) is 24.1 Å². The topological polar surface area (TPSA) is 62.6 Å². The van der Waals surface area contributed by atoms with Gasteiger partial charge in [-0.3, -0.25) is 14.5 Å². The zero-order valence-electron chi connectivity index (χ0n) is 18.2. The quantitative estimate of drug-likeness (QED) is 0.548. The van der Waals surface area contributed by atoms with Crippen LogP contribution in [0.2, 0.25) is 0 Å². The highest BCUT2D eigenvalue weighted by Crippen LogP contribution is 2.32. The maximum absolute atomic E-state index is 13.3. The molecule has 0 fully saturated rings. The third-order valence-electron chi connectivity index (χ3n) is 5.70. The van der Waals surface area contributed by atoms with E-state index in [0.29, 0.717) is 17.3 Å². The van der Waals surface area contributed by atoms with Gasteiger partial charge in [-0.1, -0.05) is 44.2 Å². The zero-order chi connectivity index (χ0) is 22.1. The summed E-state index contributed by atoms with van der Waals surface area (Å²) < 4.78 is 5.37. The van der Waals surface area contributed by atoms with Crippen molar-refractivity contribution >= 4 is 23.1 Å². The molecule has 2 heterocycles. The summed E-state index contributed by atoms with van der Waals surface area (Å²) in [5.41, 5.74) is 5.57. The second-order valence-corrected chi connectivity index (χ2v) is 8.23. The Labute approximate surface area is 182 Å². The largest absolute Gasteiger partial charge is 0.467 e. The minimum absolute atomic E-state index is 0.0937. The summed E-state index contributed by atoms with van der Waals surface area (Å²) in [5, 5.41) is 3.22. The summed E-state index contributed by atoms with van der Waals surface area (Å²) in [6, 6.07) is 17.3. The number of hydrogen-bond acceptors (Lipinski definition) is 4. The fourth-order valence-electron chi connectivity index (χ4n) is 3.65. The molecule has 2 amide bonds. The molecule has 3 aromatic rings. The molecule has 1 aliphatic rings. The van der Waals surface area contributed by atoms with Crippen molar-refractivity contribution in [2.75, 3.05) is 5.32 Å². The summed E-state index contributed by atoms with van der Waals surface area (Å²) in [6.45, 7) is 8.38. The SMILES string of the molecule is Cc1ccc(C2=C(Nc3ccc(C(C)C)cc3)C(=O)N(Cc3ccco3)C2=O)cc1C. The number of hydrogen-bond donors (Lipinski definition) is 1. The van der Waals surface area contributed by atoms with Gasteiger partial charge in [-0.2, -0.15) is 0 Å². The number of carbonyl (C=O) groups excluding carboxylic acids is 2. The number of rotatable bonds is 6. The van der Waals surface area contributed by atoms with Crippen LogP contribution in [-0.2, 0) is 16.1 Å². The molecule has 158 valence electrons. The van der Waals surface area contributed by atoms with Crippen molar-refractivity contribution in [2.45, 2.75) is 40.2 Å². The van der Waals surface area contributed by atoms with Crippen molar-refractivity contribution in [3.63, 3.8) is 0 Å². The molecule has 5 nitrogen and oxygen atoms in total. The van der Waals surface area contributed by atoms with Gasteiger partial charge in [0.15, 0.2) is 0 Å². The normalized spacial score (nSPS) is 14.2. The number of nitrogens with one attached hydrogen (secondary N) is 1. The van der Waals surface area contributed by atoms with E-state index in [0.717, 1.165) is 22.4 Å². The fourth-order valence-corrected chi connectivity index (χ4v) is 3.65. The molecule has 0 aliphatic carbocycles. The molecule has 5 heteroatoms. The van der Waals surface area contributed by atoms with Crippen LogP contribution in [-0.4, -0.2) is 16.7 Å². The summed E-state index contributed by atoms with van der Waals surface area (Å²) in [7, 11) is 0.